The zero-order valence-corrected chi connectivity index (χ0v) is 30.3. The number of ether oxygens (including phenoxy) is 9. The summed E-state index contributed by atoms with van der Waals surface area (Å²) < 4.78 is 51.1. The first-order valence-corrected chi connectivity index (χ1v) is 15.9. The summed E-state index contributed by atoms with van der Waals surface area (Å²) in [5.74, 6) is 0.695. The summed E-state index contributed by atoms with van der Waals surface area (Å²) in [6, 6.07) is 12.9. The van der Waals surface area contributed by atoms with Gasteiger partial charge >= 0.3 is 12.1 Å². The fourth-order valence-electron chi connectivity index (χ4n) is 5.33. The van der Waals surface area contributed by atoms with E-state index < -0.39 is 23.2 Å². The number of aromatic nitrogens is 1. The molecule has 1 amide bonds. The van der Waals surface area contributed by atoms with Gasteiger partial charge < -0.3 is 42.6 Å². The van der Waals surface area contributed by atoms with E-state index in [1.807, 2.05) is 0 Å². The molecular formula is C37H44N2O12. The van der Waals surface area contributed by atoms with Crippen molar-refractivity contribution in [3.63, 3.8) is 0 Å². The van der Waals surface area contributed by atoms with Crippen LogP contribution in [0.15, 0.2) is 53.3 Å². The van der Waals surface area contributed by atoms with Crippen molar-refractivity contribution in [2.75, 3.05) is 74.4 Å². The van der Waals surface area contributed by atoms with Gasteiger partial charge in [-0.2, -0.15) is 0 Å². The second-order valence-corrected chi connectivity index (χ2v) is 11.9. The molecule has 1 heterocycles. The Balaban J connectivity index is 2.04. The Morgan fingerprint density at radius 2 is 1.39 bits per heavy atom. The van der Waals surface area contributed by atoms with Gasteiger partial charge in [-0.15, -0.1) is 0 Å². The van der Waals surface area contributed by atoms with E-state index in [1.165, 1.54) is 40.1 Å². The molecule has 4 rings (SSSR count). The highest BCUT2D eigenvalue weighted by Gasteiger charge is 2.29. The molecule has 0 aliphatic carbocycles. The maximum atomic E-state index is 14.6. The van der Waals surface area contributed by atoms with Crippen molar-refractivity contribution < 1.29 is 52.2 Å². The van der Waals surface area contributed by atoms with Gasteiger partial charge in [0.2, 0.25) is 5.75 Å². The lowest BCUT2D eigenvalue weighted by Gasteiger charge is -2.22. The van der Waals surface area contributed by atoms with Crippen LogP contribution in [0, 0.1) is 0 Å². The van der Waals surface area contributed by atoms with Crippen LogP contribution in [0.4, 0.5) is 10.5 Å². The predicted molar refractivity (Wildman–Crippen MR) is 191 cm³/mol. The molecule has 14 nitrogen and oxygen atoms in total. The van der Waals surface area contributed by atoms with Gasteiger partial charge in [0.1, 0.15) is 29.4 Å². The van der Waals surface area contributed by atoms with Gasteiger partial charge in [0, 0.05) is 35.5 Å². The van der Waals surface area contributed by atoms with Crippen molar-refractivity contribution in [3.8, 4) is 45.6 Å². The molecule has 274 valence electrons. The maximum absolute atomic E-state index is 14.6. The molecule has 0 radical (unpaired) electrons. The number of fused-ring (bicyclic) bond motifs is 1. The molecule has 0 atom stereocenters. The summed E-state index contributed by atoms with van der Waals surface area (Å²) in [5, 5.41) is 3.14. The Labute approximate surface area is 296 Å². The SMILES string of the molecule is COCCOCCOc1cc(OC)c2c(-c3cc(OC)c(OC)c(OC)c3)c(C(=O)OC)n(-c3ccc(NC(=O)OC(C)(C)C)cc3)c(=O)c2c1. The molecule has 1 aromatic heterocycles. The average molecular weight is 709 g/mol. The third kappa shape index (κ3) is 8.83. The first kappa shape index (κ1) is 38.3. The molecule has 3 aromatic carbocycles. The maximum Gasteiger partial charge on any atom is 0.412 e. The van der Waals surface area contributed by atoms with Gasteiger partial charge in [-0.25, -0.2) is 9.59 Å². The van der Waals surface area contributed by atoms with Gasteiger partial charge in [-0.05, 0) is 68.8 Å². The fourth-order valence-corrected chi connectivity index (χ4v) is 5.33. The van der Waals surface area contributed by atoms with Gasteiger partial charge in [0.05, 0.1) is 60.8 Å². The number of methoxy groups -OCH3 is 6. The van der Waals surface area contributed by atoms with Crippen molar-refractivity contribution in [2.24, 2.45) is 0 Å². The third-order valence-electron chi connectivity index (χ3n) is 7.47. The van der Waals surface area contributed by atoms with E-state index in [-0.39, 0.29) is 35.6 Å². The number of anilines is 1. The number of nitrogens with one attached hydrogen (secondary N) is 1. The number of pyridine rings is 1. The highest BCUT2D eigenvalue weighted by atomic mass is 16.6. The van der Waals surface area contributed by atoms with E-state index in [2.05, 4.69) is 5.32 Å². The van der Waals surface area contributed by atoms with Gasteiger partial charge in [0.15, 0.2) is 11.5 Å². The lowest BCUT2D eigenvalue weighted by atomic mass is 9.94. The summed E-state index contributed by atoms with van der Waals surface area (Å²) in [5.41, 5.74) is -0.00528. The van der Waals surface area contributed by atoms with Crippen molar-refractivity contribution in [2.45, 2.75) is 26.4 Å². The van der Waals surface area contributed by atoms with Gasteiger partial charge in [-0.1, -0.05) is 0 Å². The predicted octanol–water partition coefficient (Wildman–Crippen LogP) is 5.87. The minimum Gasteiger partial charge on any atom is -0.496 e. The first-order chi connectivity index (χ1) is 24.4. The standard InChI is InChI=1S/C37H44N2O12/c1-37(2,3)51-36(42)38-23-10-12-24(13-11-23)39-32(35(41)48-9)30(22-18-28(45-6)33(47-8)29(19-22)46-7)31-26(34(39)40)20-25(21-27(31)44-5)50-17-16-49-15-14-43-4/h10-13,18-21H,14-17H2,1-9H3,(H,38,42). The Kier molecular flexibility index (Phi) is 12.7. The topological polar surface area (TPSA) is 151 Å². The van der Waals surface area contributed by atoms with Gasteiger partial charge in [-0.3, -0.25) is 14.7 Å². The number of nitrogens with zero attached hydrogens (tertiary/aromatic N) is 1. The molecule has 51 heavy (non-hydrogen) atoms. The smallest absolute Gasteiger partial charge is 0.412 e. The van der Waals surface area contributed by atoms with Crippen LogP contribution in [0.25, 0.3) is 27.6 Å². The summed E-state index contributed by atoms with van der Waals surface area (Å²) in [6.07, 6.45) is -0.651. The Morgan fingerprint density at radius 1 is 0.765 bits per heavy atom. The quantitative estimate of drug-likeness (QED) is 0.116. The van der Waals surface area contributed by atoms with E-state index in [0.717, 1.165) is 0 Å². The molecule has 4 aromatic rings. The van der Waals surface area contributed by atoms with Crippen molar-refractivity contribution in [1.82, 2.24) is 4.57 Å². The van der Waals surface area contributed by atoms with Crippen molar-refractivity contribution in [1.29, 1.82) is 0 Å². The number of esters is 1. The number of carbonyl (C=O) groups is 2. The molecular weight excluding hydrogens is 664 g/mol. The van der Waals surface area contributed by atoms with E-state index in [0.29, 0.717) is 58.5 Å². The van der Waals surface area contributed by atoms with Crippen LogP contribution in [0.3, 0.4) is 0 Å². The normalized spacial score (nSPS) is 11.2. The zero-order chi connectivity index (χ0) is 37.3. The van der Waals surface area contributed by atoms with E-state index in [1.54, 1.807) is 76.4 Å². The Morgan fingerprint density at radius 3 is 1.94 bits per heavy atom. The van der Waals surface area contributed by atoms with Crippen LogP contribution in [0.5, 0.6) is 28.7 Å². The minimum atomic E-state index is -0.815. The molecule has 0 saturated carbocycles. The highest BCUT2D eigenvalue weighted by molar-refractivity contribution is 6.10. The average Bonchev–Trinajstić information content (AvgIpc) is 3.11. The molecule has 0 aliphatic heterocycles. The van der Waals surface area contributed by atoms with Crippen LogP contribution in [-0.4, -0.2) is 91.3 Å². The summed E-state index contributed by atoms with van der Waals surface area (Å²) in [6.45, 7) is 6.55. The van der Waals surface area contributed by atoms with Crippen LogP contribution < -0.4 is 34.6 Å². The highest BCUT2D eigenvalue weighted by Crippen LogP contribution is 2.46. The Bertz CT molecular complexity index is 1890. The molecule has 1 N–H and O–H groups in total. The van der Waals surface area contributed by atoms with E-state index in [4.69, 9.17) is 42.6 Å². The Hall–Kier alpha value is -5.47. The minimum absolute atomic E-state index is 0.115. The van der Waals surface area contributed by atoms with Gasteiger partial charge in [0.25, 0.3) is 5.56 Å². The lowest BCUT2D eigenvalue weighted by molar-refractivity contribution is 0.0544. The summed E-state index contributed by atoms with van der Waals surface area (Å²) >= 11 is 0. The lowest BCUT2D eigenvalue weighted by Crippen LogP contribution is -2.28. The fraction of sp³-hybridized carbons (Fsp3) is 0.378. The second kappa shape index (κ2) is 17.0. The van der Waals surface area contributed by atoms with Crippen molar-refractivity contribution >= 4 is 28.5 Å². The second-order valence-electron chi connectivity index (χ2n) is 11.9. The molecule has 0 saturated heterocycles. The van der Waals surface area contributed by atoms with E-state index >= 15 is 0 Å². The summed E-state index contributed by atoms with van der Waals surface area (Å²) in [4.78, 5) is 40.9. The number of amides is 1. The molecule has 0 fully saturated rings. The number of benzene rings is 3. The molecule has 0 bridgehead atoms. The number of hydrogen-bond acceptors (Lipinski definition) is 12. The monoisotopic (exact) mass is 708 g/mol. The first-order valence-electron chi connectivity index (χ1n) is 15.9. The van der Waals surface area contributed by atoms with Crippen molar-refractivity contribution in [3.05, 3.63) is 64.6 Å². The largest absolute Gasteiger partial charge is 0.496 e. The molecule has 0 unspecified atom stereocenters. The molecule has 14 heteroatoms. The van der Waals surface area contributed by atoms with Crippen LogP contribution in [0.1, 0.15) is 31.3 Å². The van der Waals surface area contributed by atoms with Crippen LogP contribution >= 0.6 is 0 Å². The summed E-state index contributed by atoms with van der Waals surface area (Å²) in [7, 11) is 8.67. The molecule has 0 aliphatic rings. The zero-order valence-electron chi connectivity index (χ0n) is 30.3. The number of rotatable bonds is 15. The van der Waals surface area contributed by atoms with E-state index in [9.17, 15) is 14.4 Å². The molecule has 0 spiro atoms. The van der Waals surface area contributed by atoms with Crippen LogP contribution in [-0.2, 0) is 18.9 Å². The number of hydrogen-bond donors (Lipinski definition) is 1. The number of carbonyl (C=O) groups excluding carboxylic acids is 2. The third-order valence-corrected chi connectivity index (χ3v) is 7.47. The van der Waals surface area contributed by atoms with Crippen LogP contribution in [0.2, 0.25) is 0 Å².